The summed E-state index contributed by atoms with van der Waals surface area (Å²) >= 11 is 12.1. The number of rotatable bonds is 4. The molecule has 1 aromatic heterocycles. The molecule has 6 nitrogen and oxygen atoms in total. The zero-order valence-electron chi connectivity index (χ0n) is 14.8. The lowest BCUT2D eigenvalue weighted by molar-refractivity contribution is 0.102. The second kappa shape index (κ2) is 7.54. The van der Waals surface area contributed by atoms with Gasteiger partial charge in [-0.25, -0.2) is 9.07 Å². The van der Waals surface area contributed by atoms with Crippen molar-refractivity contribution in [2.45, 2.75) is 6.92 Å². The third-order valence-corrected chi connectivity index (χ3v) is 4.53. The second-order valence-electron chi connectivity index (χ2n) is 6.02. The molecule has 0 bridgehead atoms. The minimum Gasteiger partial charge on any atom is -0.375 e. The molecule has 1 heterocycles. The molecule has 3 rings (SSSR count). The van der Waals surface area contributed by atoms with Crippen LogP contribution in [0.15, 0.2) is 36.4 Å². The fourth-order valence-electron chi connectivity index (χ4n) is 2.65. The van der Waals surface area contributed by atoms with Crippen LogP contribution in [0.1, 0.15) is 16.2 Å². The van der Waals surface area contributed by atoms with E-state index in [1.807, 2.05) is 19.0 Å². The maximum atomic E-state index is 13.4. The van der Waals surface area contributed by atoms with Crippen LogP contribution in [0.5, 0.6) is 0 Å². The first-order valence-corrected chi connectivity index (χ1v) is 8.70. The van der Waals surface area contributed by atoms with Gasteiger partial charge < -0.3 is 10.2 Å². The second-order valence-corrected chi connectivity index (χ2v) is 6.83. The van der Waals surface area contributed by atoms with Gasteiger partial charge in [-0.15, -0.1) is 5.10 Å². The zero-order chi connectivity index (χ0) is 19.7. The number of para-hydroxylation sites is 1. The Morgan fingerprint density at radius 1 is 1.19 bits per heavy atom. The summed E-state index contributed by atoms with van der Waals surface area (Å²) in [5, 5.41) is 11.2. The first-order chi connectivity index (χ1) is 12.8. The predicted molar refractivity (Wildman–Crippen MR) is 105 cm³/mol. The van der Waals surface area contributed by atoms with Gasteiger partial charge in [-0.05, 0) is 37.3 Å². The molecule has 0 radical (unpaired) electrons. The lowest BCUT2D eigenvalue weighted by atomic mass is 10.2. The largest absolute Gasteiger partial charge is 0.375 e. The molecule has 0 saturated carbocycles. The number of carbonyl (C=O) groups excluding carboxylic acids is 1. The molecule has 0 spiro atoms. The Kier molecular flexibility index (Phi) is 5.34. The molecule has 0 aliphatic heterocycles. The third kappa shape index (κ3) is 3.74. The summed E-state index contributed by atoms with van der Waals surface area (Å²) in [5.41, 5.74) is 2.37. The quantitative estimate of drug-likeness (QED) is 0.698. The molecule has 1 amide bonds. The van der Waals surface area contributed by atoms with E-state index in [0.717, 1.165) is 0 Å². The van der Waals surface area contributed by atoms with Crippen LogP contribution in [0.2, 0.25) is 10.0 Å². The maximum Gasteiger partial charge on any atom is 0.278 e. The smallest absolute Gasteiger partial charge is 0.278 e. The first-order valence-electron chi connectivity index (χ1n) is 7.94. The molecule has 9 heteroatoms. The SMILES string of the molecule is Cc1c(C(=O)Nc2cccc(Cl)c2N(C)C)nnn1-c1ccc(F)c(Cl)c1. The summed E-state index contributed by atoms with van der Waals surface area (Å²) < 4.78 is 14.8. The summed E-state index contributed by atoms with van der Waals surface area (Å²) in [6, 6.07) is 9.39. The minimum atomic E-state index is -0.534. The number of anilines is 2. The van der Waals surface area contributed by atoms with Gasteiger partial charge in [0.15, 0.2) is 5.69 Å². The van der Waals surface area contributed by atoms with Crippen molar-refractivity contribution in [3.63, 3.8) is 0 Å². The highest BCUT2D eigenvalue weighted by atomic mass is 35.5. The van der Waals surface area contributed by atoms with Gasteiger partial charge in [-0.1, -0.05) is 34.5 Å². The van der Waals surface area contributed by atoms with Gasteiger partial charge in [-0.2, -0.15) is 0 Å². The fourth-order valence-corrected chi connectivity index (χ4v) is 3.17. The summed E-state index contributed by atoms with van der Waals surface area (Å²) in [6.07, 6.45) is 0. The van der Waals surface area contributed by atoms with Crippen LogP contribution in [0, 0.1) is 12.7 Å². The van der Waals surface area contributed by atoms with Crippen molar-refractivity contribution in [2.24, 2.45) is 0 Å². The summed E-state index contributed by atoms with van der Waals surface area (Å²) in [4.78, 5) is 14.5. The molecule has 0 aliphatic carbocycles. The van der Waals surface area contributed by atoms with E-state index in [-0.39, 0.29) is 10.7 Å². The fraction of sp³-hybridized carbons (Fsp3) is 0.167. The van der Waals surface area contributed by atoms with Crippen molar-refractivity contribution in [3.05, 3.63) is 63.6 Å². The van der Waals surface area contributed by atoms with E-state index >= 15 is 0 Å². The number of amides is 1. The highest BCUT2D eigenvalue weighted by Gasteiger charge is 2.20. The topological polar surface area (TPSA) is 63.1 Å². The number of nitrogens with zero attached hydrogens (tertiary/aromatic N) is 4. The minimum absolute atomic E-state index is 0.0389. The van der Waals surface area contributed by atoms with Gasteiger partial charge in [0.2, 0.25) is 0 Å². The molecular weight excluding hydrogens is 392 g/mol. The molecule has 27 heavy (non-hydrogen) atoms. The highest BCUT2D eigenvalue weighted by Crippen LogP contribution is 2.32. The number of benzene rings is 2. The molecule has 1 N–H and O–H groups in total. The van der Waals surface area contributed by atoms with Crippen LogP contribution in [0.3, 0.4) is 0 Å². The van der Waals surface area contributed by atoms with Crippen molar-refractivity contribution in [1.29, 1.82) is 0 Å². The van der Waals surface area contributed by atoms with Gasteiger partial charge in [-0.3, -0.25) is 4.79 Å². The Morgan fingerprint density at radius 2 is 1.93 bits per heavy atom. The molecular formula is C18H16Cl2FN5O. The van der Waals surface area contributed by atoms with Crippen LogP contribution >= 0.6 is 23.2 Å². The van der Waals surface area contributed by atoms with Gasteiger partial charge in [0.05, 0.1) is 32.8 Å². The first kappa shape index (κ1) is 19.1. The maximum absolute atomic E-state index is 13.4. The monoisotopic (exact) mass is 407 g/mol. The standard InChI is InChI=1S/C18H16Cl2FN5O/c1-10-16(23-24-26(10)11-7-8-14(21)13(20)9-11)18(27)22-15-6-4-5-12(19)17(15)25(2)3/h4-9H,1-3H3,(H,22,27). The number of nitrogens with one attached hydrogen (secondary N) is 1. The van der Waals surface area contributed by atoms with E-state index < -0.39 is 11.7 Å². The lowest BCUT2D eigenvalue weighted by Gasteiger charge is -2.19. The normalized spacial score (nSPS) is 10.7. The Bertz CT molecular complexity index is 1020. The van der Waals surface area contributed by atoms with Crippen LogP contribution in [-0.2, 0) is 0 Å². The van der Waals surface area contributed by atoms with Crippen molar-refractivity contribution < 1.29 is 9.18 Å². The number of hydrogen-bond donors (Lipinski definition) is 1. The van der Waals surface area contributed by atoms with E-state index in [0.29, 0.717) is 27.8 Å². The Hall–Kier alpha value is -2.64. The summed E-state index contributed by atoms with van der Waals surface area (Å²) in [7, 11) is 3.66. The molecule has 0 aliphatic rings. The predicted octanol–water partition coefficient (Wildman–Crippen LogP) is 4.34. The van der Waals surface area contributed by atoms with Crippen molar-refractivity contribution >= 4 is 40.5 Å². The van der Waals surface area contributed by atoms with E-state index in [1.165, 1.54) is 22.9 Å². The molecule has 3 aromatic rings. The average Bonchev–Trinajstić information content (AvgIpc) is 2.98. The summed E-state index contributed by atoms with van der Waals surface area (Å²) in [5.74, 6) is -0.967. The highest BCUT2D eigenvalue weighted by molar-refractivity contribution is 6.34. The number of aromatic nitrogens is 3. The van der Waals surface area contributed by atoms with E-state index in [9.17, 15) is 9.18 Å². The van der Waals surface area contributed by atoms with Gasteiger partial charge >= 0.3 is 0 Å². The number of carbonyl (C=O) groups is 1. The zero-order valence-corrected chi connectivity index (χ0v) is 16.3. The van der Waals surface area contributed by atoms with E-state index in [1.54, 1.807) is 25.1 Å². The molecule has 0 atom stereocenters. The average molecular weight is 408 g/mol. The molecule has 140 valence electrons. The van der Waals surface area contributed by atoms with Crippen LogP contribution in [0.4, 0.5) is 15.8 Å². The molecule has 0 fully saturated rings. The Morgan fingerprint density at radius 3 is 2.59 bits per heavy atom. The molecule has 0 saturated heterocycles. The number of halogens is 3. The van der Waals surface area contributed by atoms with Gasteiger partial charge in [0.1, 0.15) is 5.82 Å². The van der Waals surface area contributed by atoms with Crippen molar-refractivity contribution in [1.82, 2.24) is 15.0 Å². The van der Waals surface area contributed by atoms with E-state index in [4.69, 9.17) is 23.2 Å². The van der Waals surface area contributed by atoms with Crippen molar-refractivity contribution in [3.8, 4) is 5.69 Å². The van der Waals surface area contributed by atoms with Crippen LogP contribution in [0.25, 0.3) is 5.69 Å². The molecule has 2 aromatic carbocycles. The lowest BCUT2D eigenvalue weighted by Crippen LogP contribution is -2.18. The third-order valence-electron chi connectivity index (χ3n) is 3.94. The Balaban J connectivity index is 1.92. The number of hydrogen-bond acceptors (Lipinski definition) is 4. The van der Waals surface area contributed by atoms with E-state index in [2.05, 4.69) is 15.6 Å². The van der Waals surface area contributed by atoms with Gasteiger partial charge in [0, 0.05) is 14.1 Å². The van der Waals surface area contributed by atoms with Gasteiger partial charge in [0.25, 0.3) is 5.91 Å². The Labute approximate surface area is 165 Å². The summed E-state index contributed by atoms with van der Waals surface area (Å²) in [6.45, 7) is 1.69. The van der Waals surface area contributed by atoms with Crippen LogP contribution < -0.4 is 10.2 Å². The van der Waals surface area contributed by atoms with Crippen molar-refractivity contribution in [2.75, 3.05) is 24.3 Å². The van der Waals surface area contributed by atoms with Crippen LogP contribution in [-0.4, -0.2) is 35.0 Å². The molecule has 0 unspecified atom stereocenters.